The first-order chi connectivity index (χ1) is 7.68. The Morgan fingerprint density at radius 3 is 2.69 bits per heavy atom. The number of halogens is 1. The van der Waals surface area contributed by atoms with Crippen molar-refractivity contribution in [3.63, 3.8) is 0 Å². The Morgan fingerprint density at radius 2 is 2.06 bits per heavy atom. The third kappa shape index (κ3) is 2.06. The molecule has 0 bridgehead atoms. The third-order valence-corrected chi connectivity index (χ3v) is 2.43. The van der Waals surface area contributed by atoms with Crippen LogP contribution in [0.4, 0.5) is 4.39 Å². The molecule has 0 aromatic carbocycles. The Morgan fingerprint density at radius 1 is 1.25 bits per heavy atom. The maximum Gasteiger partial charge on any atom is 0.146 e. The zero-order chi connectivity index (χ0) is 11.5. The van der Waals surface area contributed by atoms with Crippen molar-refractivity contribution in [2.24, 2.45) is 5.73 Å². The quantitative estimate of drug-likeness (QED) is 0.836. The smallest absolute Gasteiger partial charge is 0.146 e. The van der Waals surface area contributed by atoms with Gasteiger partial charge in [-0.2, -0.15) is 0 Å². The number of hydrogen-bond acceptors (Lipinski definition) is 3. The molecule has 82 valence electrons. The number of aryl methyl sites for hydroxylation is 1. The topological polar surface area (TPSA) is 51.8 Å². The standard InChI is InChI=1S/C12H12FN3/c1-8-2-3-9(6-16-8)12(14)10-4-5-15-7-11(10)13/h2-7,12H,14H2,1H3. The first kappa shape index (κ1) is 10.7. The van der Waals surface area contributed by atoms with Gasteiger partial charge >= 0.3 is 0 Å². The molecule has 2 aromatic rings. The zero-order valence-corrected chi connectivity index (χ0v) is 8.89. The van der Waals surface area contributed by atoms with E-state index in [4.69, 9.17) is 5.73 Å². The summed E-state index contributed by atoms with van der Waals surface area (Å²) in [5.74, 6) is -0.393. The molecule has 0 aliphatic rings. The summed E-state index contributed by atoms with van der Waals surface area (Å²) in [6.07, 6.45) is 4.36. The monoisotopic (exact) mass is 217 g/mol. The molecule has 1 atom stereocenters. The predicted molar refractivity (Wildman–Crippen MR) is 59.2 cm³/mol. The van der Waals surface area contributed by atoms with Gasteiger partial charge in [-0.05, 0) is 24.6 Å². The summed E-state index contributed by atoms with van der Waals surface area (Å²) in [7, 11) is 0. The second-order valence-electron chi connectivity index (χ2n) is 3.61. The van der Waals surface area contributed by atoms with Crippen LogP contribution in [0.2, 0.25) is 0 Å². The van der Waals surface area contributed by atoms with Crippen molar-refractivity contribution < 1.29 is 4.39 Å². The lowest BCUT2D eigenvalue weighted by Crippen LogP contribution is -2.14. The van der Waals surface area contributed by atoms with Crippen molar-refractivity contribution in [2.45, 2.75) is 13.0 Å². The average Bonchev–Trinajstić information content (AvgIpc) is 2.30. The van der Waals surface area contributed by atoms with E-state index >= 15 is 0 Å². The van der Waals surface area contributed by atoms with Crippen LogP contribution in [-0.4, -0.2) is 9.97 Å². The van der Waals surface area contributed by atoms with Gasteiger partial charge < -0.3 is 5.73 Å². The van der Waals surface area contributed by atoms with Gasteiger partial charge in [-0.1, -0.05) is 6.07 Å². The third-order valence-electron chi connectivity index (χ3n) is 2.43. The van der Waals surface area contributed by atoms with E-state index in [9.17, 15) is 4.39 Å². The lowest BCUT2D eigenvalue weighted by Gasteiger charge is -2.12. The first-order valence-corrected chi connectivity index (χ1v) is 4.96. The van der Waals surface area contributed by atoms with Gasteiger partial charge in [0.25, 0.3) is 0 Å². The van der Waals surface area contributed by atoms with Crippen LogP contribution >= 0.6 is 0 Å². The minimum Gasteiger partial charge on any atom is -0.320 e. The van der Waals surface area contributed by atoms with Gasteiger partial charge in [-0.25, -0.2) is 4.39 Å². The minimum absolute atomic E-state index is 0.393. The van der Waals surface area contributed by atoms with Crippen molar-refractivity contribution in [2.75, 3.05) is 0 Å². The summed E-state index contributed by atoms with van der Waals surface area (Å²) in [6, 6.07) is 4.79. The second kappa shape index (κ2) is 4.37. The van der Waals surface area contributed by atoms with E-state index < -0.39 is 11.9 Å². The summed E-state index contributed by atoms with van der Waals surface area (Å²) in [5, 5.41) is 0. The molecule has 0 radical (unpaired) electrons. The molecule has 2 aromatic heterocycles. The highest BCUT2D eigenvalue weighted by Gasteiger charge is 2.13. The van der Waals surface area contributed by atoms with Crippen LogP contribution < -0.4 is 5.73 Å². The predicted octanol–water partition coefficient (Wildman–Crippen LogP) is 1.97. The summed E-state index contributed by atoms with van der Waals surface area (Å²) in [6.45, 7) is 1.89. The van der Waals surface area contributed by atoms with Crippen LogP contribution in [-0.2, 0) is 0 Å². The lowest BCUT2D eigenvalue weighted by molar-refractivity contribution is 0.593. The van der Waals surface area contributed by atoms with Crippen molar-refractivity contribution in [3.05, 3.63) is 59.4 Å². The number of nitrogens with two attached hydrogens (primary N) is 1. The highest BCUT2D eigenvalue weighted by molar-refractivity contribution is 5.29. The average molecular weight is 217 g/mol. The Hall–Kier alpha value is -1.81. The van der Waals surface area contributed by atoms with Crippen LogP contribution in [0.5, 0.6) is 0 Å². The van der Waals surface area contributed by atoms with Gasteiger partial charge in [-0.15, -0.1) is 0 Å². The van der Waals surface area contributed by atoms with Crippen LogP contribution in [0.3, 0.4) is 0 Å². The molecule has 2 rings (SSSR count). The molecule has 0 amide bonds. The summed E-state index contributed by atoms with van der Waals surface area (Å²) in [4.78, 5) is 7.83. The zero-order valence-electron chi connectivity index (χ0n) is 8.89. The van der Waals surface area contributed by atoms with Crippen LogP contribution in [0.15, 0.2) is 36.8 Å². The number of rotatable bonds is 2. The molecule has 0 saturated heterocycles. The van der Waals surface area contributed by atoms with E-state index in [-0.39, 0.29) is 0 Å². The van der Waals surface area contributed by atoms with E-state index in [0.29, 0.717) is 5.56 Å². The highest BCUT2D eigenvalue weighted by Crippen LogP contribution is 2.20. The van der Waals surface area contributed by atoms with E-state index in [1.165, 1.54) is 6.20 Å². The van der Waals surface area contributed by atoms with Gasteiger partial charge in [-0.3, -0.25) is 9.97 Å². The van der Waals surface area contributed by atoms with Crippen LogP contribution in [0.1, 0.15) is 22.9 Å². The van der Waals surface area contributed by atoms with Gasteiger partial charge in [0.05, 0.1) is 12.2 Å². The lowest BCUT2D eigenvalue weighted by atomic mass is 10.0. The Bertz CT molecular complexity index is 482. The van der Waals surface area contributed by atoms with Gasteiger partial charge in [0, 0.05) is 23.7 Å². The fraction of sp³-hybridized carbons (Fsp3) is 0.167. The molecule has 3 nitrogen and oxygen atoms in total. The van der Waals surface area contributed by atoms with Gasteiger partial charge in [0.15, 0.2) is 0 Å². The maximum atomic E-state index is 13.4. The number of nitrogens with zero attached hydrogens (tertiary/aromatic N) is 2. The SMILES string of the molecule is Cc1ccc(C(N)c2ccncc2F)cn1. The summed E-state index contributed by atoms with van der Waals surface area (Å²) >= 11 is 0. The first-order valence-electron chi connectivity index (χ1n) is 4.96. The van der Waals surface area contributed by atoms with E-state index in [0.717, 1.165) is 17.5 Å². The van der Waals surface area contributed by atoms with Crippen molar-refractivity contribution in [3.8, 4) is 0 Å². The number of pyridine rings is 2. The fourth-order valence-corrected chi connectivity index (χ4v) is 1.48. The normalized spacial score (nSPS) is 12.4. The molecule has 2 heterocycles. The van der Waals surface area contributed by atoms with Crippen LogP contribution in [0.25, 0.3) is 0 Å². The van der Waals surface area contributed by atoms with E-state index in [1.54, 1.807) is 12.3 Å². The molecule has 0 aliphatic carbocycles. The Balaban J connectivity index is 2.35. The molecule has 0 spiro atoms. The van der Waals surface area contributed by atoms with Crippen molar-refractivity contribution in [1.82, 2.24) is 9.97 Å². The molecule has 4 heteroatoms. The molecule has 0 saturated carbocycles. The minimum atomic E-state index is -0.504. The molecule has 2 N–H and O–H groups in total. The summed E-state index contributed by atoms with van der Waals surface area (Å²) in [5.41, 5.74) is 8.09. The number of aromatic nitrogens is 2. The van der Waals surface area contributed by atoms with Gasteiger partial charge in [0.1, 0.15) is 5.82 Å². The number of hydrogen-bond donors (Lipinski definition) is 1. The van der Waals surface area contributed by atoms with E-state index in [2.05, 4.69) is 9.97 Å². The van der Waals surface area contributed by atoms with Crippen molar-refractivity contribution in [1.29, 1.82) is 0 Å². The molecular weight excluding hydrogens is 205 g/mol. The molecule has 0 aliphatic heterocycles. The largest absolute Gasteiger partial charge is 0.320 e. The van der Waals surface area contributed by atoms with E-state index in [1.807, 2.05) is 19.1 Å². The van der Waals surface area contributed by atoms with Gasteiger partial charge in [0.2, 0.25) is 0 Å². The fourth-order valence-electron chi connectivity index (χ4n) is 1.48. The maximum absolute atomic E-state index is 13.4. The Kier molecular flexibility index (Phi) is 2.92. The van der Waals surface area contributed by atoms with Crippen molar-refractivity contribution >= 4 is 0 Å². The van der Waals surface area contributed by atoms with Crippen LogP contribution in [0, 0.1) is 12.7 Å². The highest BCUT2D eigenvalue weighted by atomic mass is 19.1. The Labute approximate surface area is 93.2 Å². The molecule has 16 heavy (non-hydrogen) atoms. The summed E-state index contributed by atoms with van der Waals surface area (Å²) < 4.78 is 13.4. The second-order valence-corrected chi connectivity index (χ2v) is 3.61. The molecular formula is C12H12FN3. The molecule has 0 fully saturated rings. The molecule has 1 unspecified atom stereocenters.